The van der Waals surface area contributed by atoms with Gasteiger partial charge >= 0.3 is 5.97 Å². The van der Waals surface area contributed by atoms with Crippen molar-refractivity contribution in [1.29, 1.82) is 0 Å². The van der Waals surface area contributed by atoms with Gasteiger partial charge in [0.1, 0.15) is 6.61 Å². The lowest BCUT2D eigenvalue weighted by molar-refractivity contribution is 0.0468. The molecule has 1 unspecified atom stereocenters. The summed E-state index contributed by atoms with van der Waals surface area (Å²) in [6, 6.07) is 11.7. The van der Waals surface area contributed by atoms with Crippen molar-refractivity contribution >= 4 is 40.0 Å². The van der Waals surface area contributed by atoms with Crippen LogP contribution in [-0.4, -0.2) is 16.4 Å². The normalized spacial score (nSPS) is 12.0. The van der Waals surface area contributed by atoms with E-state index < -0.39 is 16.8 Å². The first-order valence-electron chi connectivity index (χ1n) is 6.03. The SMILES string of the molecule is CS(=O)c1ccccc1C(=O)OCc1c(Cl)cccc1Cl. The molecule has 1 atom stereocenters. The second kappa shape index (κ2) is 7.07. The molecule has 0 amide bonds. The summed E-state index contributed by atoms with van der Waals surface area (Å²) in [4.78, 5) is 12.6. The van der Waals surface area contributed by atoms with E-state index in [1.807, 2.05) is 0 Å². The molecule has 0 aromatic heterocycles. The van der Waals surface area contributed by atoms with E-state index in [4.69, 9.17) is 27.9 Å². The highest BCUT2D eigenvalue weighted by atomic mass is 35.5. The Morgan fingerprint density at radius 2 is 1.71 bits per heavy atom. The maximum Gasteiger partial charge on any atom is 0.339 e. The Balaban J connectivity index is 2.18. The molecule has 3 nitrogen and oxygen atoms in total. The van der Waals surface area contributed by atoms with Crippen LogP contribution in [0.15, 0.2) is 47.4 Å². The first-order valence-corrected chi connectivity index (χ1v) is 8.34. The average molecular weight is 343 g/mol. The maximum absolute atomic E-state index is 12.1. The van der Waals surface area contributed by atoms with Crippen LogP contribution in [0.4, 0.5) is 0 Å². The van der Waals surface area contributed by atoms with Crippen LogP contribution >= 0.6 is 23.2 Å². The van der Waals surface area contributed by atoms with Gasteiger partial charge in [0.2, 0.25) is 0 Å². The van der Waals surface area contributed by atoms with Crippen molar-refractivity contribution in [2.75, 3.05) is 6.26 Å². The molecule has 0 N–H and O–H groups in total. The van der Waals surface area contributed by atoms with Gasteiger partial charge in [-0.05, 0) is 24.3 Å². The van der Waals surface area contributed by atoms with Crippen LogP contribution in [0.3, 0.4) is 0 Å². The van der Waals surface area contributed by atoms with Gasteiger partial charge in [-0.3, -0.25) is 4.21 Å². The summed E-state index contributed by atoms with van der Waals surface area (Å²) in [5.74, 6) is -0.559. The first-order chi connectivity index (χ1) is 10.0. The van der Waals surface area contributed by atoms with Crippen molar-refractivity contribution in [3.63, 3.8) is 0 Å². The van der Waals surface area contributed by atoms with Crippen molar-refractivity contribution in [1.82, 2.24) is 0 Å². The highest BCUT2D eigenvalue weighted by molar-refractivity contribution is 7.84. The number of carbonyl (C=O) groups excluding carboxylic acids is 1. The van der Waals surface area contributed by atoms with Crippen LogP contribution in [0.2, 0.25) is 10.0 Å². The number of esters is 1. The van der Waals surface area contributed by atoms with Crippen LogP contribution in [0.5, 0.6) is 0 Å². The van der Waals surface area contributed by atoms with E-state index in [1.54, 1.807) is 42.5 Å². The molecule has 0 aliphatic rings. The molecule has 0 radical (unpaired) electrons. The average Bonchev–Trinajstić information content (AvgIpc) is 2.46. The molecule has 0 fully saturated rings. The third-order valence-corrected chi connectivity index (χ3v) is 4.51. The fourth-order valence-electron chi connectivity index (χ4n) is 1.77. The maximum atomic E-state index is 12.1. The van der Waals surface area contributed by atoms with E-state index in [1.165, 1.54) is 6.26 Å². The van der Waals surface area contributed by atoms with Crippen molar-refractivity contribution in [2.45, 2.75) is 11.5 Å². The van der Waals surface area contributed by atoms with E-state index >= 15 is 0 Å². The molecule has 0 heterocycles. The largest absolute Gasteiger partial charge is 0.457 e. The molecule has 0 spiro atoms. The van der Waals surface area contributed by atoms with Crippen molar-refractivity contribution < 1.29 is 13.7 Å². The summed E-state index contributed by atoms with van der Waals surface area (Å²) in [5, 5.41) is 0.866. The smallest absolute Gasteiger partial charge is 0.339 e. The topological polar surface area (TPSA) is 43.4 Å². The third kappa shape index (κ3) is 3.84. The molecule has 0 bridgehead atoms. The van der Waals surface area contributed by atoms with Gasteiger partial charge in [0.15, 0.2) is 0 Å². The van der Waals surface area contributed by atoms with E-state index in [9.17, 15) is 9.00 Å². The lowest BCUT2D eigenvalue weighted by Gasteiger charge is -2.10. The monoisotopic (exact) mass is 342 g/mol. The quantitative estimate of drug-likeness (QED) is 0.786. The van der Waals surface area contributed by atoms with E-state index in [-0.39, 0.29) is 12.2 Å². The first kappa shape index (κ1) is 16.0. The van der Waals surface area contributed by atoms with Gasteiger partial charge in [0, 0.05) is 21.9 Å². The van der Waals surface area contributed by atoms with Gasteiger partial charge < -0.3 is 4.74 Å². The number of benzene rings is 2. The van der Waals surface area contributed by atoms with Crippen molar-refractivity contribution in [3.8, 4) is 0 Å². The van der Waals surface area contributed by atoms with Gasteiger partial charge in [-0.2, -0.15) is 0 Å². The highest BCUT2D eigenvalue weighted by Gasteiger charge is 2.16. The number of halogens is 2. The van der Waals surface area contributed by atoms with Crippen LogP contribution < -0.4 is 0 Å². The fourth-order valence-corrected chi connectivity index (χ4v) is 3.01. The minimum atomic E-state index is -1.27. The molecule has 0 saturated carbocycles. The van der Waals surface area contributed by atoms with Gasteiger partial charge in [-0.15, -0.1) is 0 Å². The zero-order chi connectivity index (χ0) is 15.4. The Labute approximate surface area is 135 Å². The minimum absolute atomic E-state index is 0.0397. The molecule has 2 aromatic carbocycles. The van der Waals surface area contributed by atoms with Gasteiger partial charge in [-0.1, -0.05) is 41.4 Å². The second-order valence-electron chi connectivity index (χ2n) is 4.23. The molecule has 2 rings (SSSR count). The van der Waals surface area contributed by atoms with Gasteiger partial charge in [0.25, 0.3) is 0 Å². The van der Waals surface area contributed by atoms with Crippen molar-refractivity contribution in [3.05, 3.63) is 63.6 Å². The predicted octanol–water partition coefficient (Wildman–Crippen LogP) is 4.09. The number of carbonyl (C=O) groups is 1. The summed E-state index contributed by atoms with van der Waals surface area (Å²) in [5.41, 5.74) is 0.825. The highest BCUT2D eigenvalue weighted by Crippen LogP contribution is 2.25. The van der Waals surface area contributed by atoms with Gasteiger partial charge in [0.05, 0.1) is 21.3 Å². The molecular formula is C15H12Cl2O3S. The summed E-state index contributed by atoms with van der Waals surface area (Å²) in [6.07, 6.45) is 1.51. The molecule has 2 aromatic rings. The van der Waals surface area contributed by atoms with Crippen LogP contribution in [0.25, 0.3) is 0 Å². The lowest BCUT2D eigenvalue weighted by Crippen LogP contribution is -2.09. The number of rotatable bonds is 4. The summed E-state index contributed by atoms with van der Waals surface area (Å²) in [6.45, 7) is -0.0397. The Morgan fingerprint density at radius 1 is 1.10 bits per heavy atom. The van der Waals surface area contributed by atoms with E-state index in [0.29, 0.717) is 20.5 Å². The zero-order valence-electron chi connectivity index (χ0n) is 11.1. The number of hydrogen-bond donors (Lipinski definition) is 0. The Hall–Kier alpha value is -1.36. The minimum Gasteiger partial charge on any atom is -0.457 e. The van der Waals surface area contributed by atoms with Crippen LogP contribution in [0.1, 0.15) is 15.9 Å². The van der Waals surface area contributed by atoms with Gasteiger partial charge in [-0.25, -0.2) is 4.79 Å². The summed E-state index contributed by atoms with van der Waals surface area (Å²) >= 11 is 12.0. The lowest BCUT2D eigenvalue weighted by atomic mass is 10.2. The Morgan fingerprint density at radius 3 is 2.33 bits per heavy atom. The number of hydrogen-bond acceptors (Lipinski definition) is 3. The summed E-state index contributed by atoms with van der Waals surface area (Å²) < 4.78 is 16.8. The Bertz CT molecular complexity index is 681. The molecule has 110 valence electrons. The second-order valence-corrected chi connectivity index (χ2v) is 6.39. The molecule has 0 aliphatic heterocycles. The molecule has 0 saturated heterocycles. The predicted molar refractivity (Wildman–Crippen MR) is 84.4 cm³/mol. The number of ether oxygens (including phenoxy) is 1. The van der Waals surface area contributed by atoms with E-state index in [0.717, 1.165) is 0 Å². The Kier molecular flexibility index (Phi) is 5.39. The third-order valence-electron chi connectivity index (χ3n) is 2.83. The van der Waals surface area contributed by atoms with Crippen LogP contribution in [-0.2, 0) is 22.1 Å². The molecular weight excluding hydrogens is 331 g/mol. The molecule has 21 heavy (non-hydrogen) atoms. The fraction of sp³-hybridized carbons (Fsp3) is 0.133. The van der Waals surface area contributed by atoms with Crippen LogP contribution in [0, 0.1) is 0 Å². The summed E-state index contributed by atoms with van der Waals surface area (Å²) in [7, 11) is -1.27. The zero-order valence-corrected chi connectivity index (χ0v) is 13.5. The standard InChI is InChI=1S/C15H12Cl2O3S/c1-21(19)14-8-3-2-5-10(14)15(18)20-9-11-12(16)6-4-7-13(11)17/h2-8H,9H2,1H3. The van der Waals surface area contributed by atoms with Crippen molar-refractivity contribution in [2.24, 2.45) is 0 Å². The molecule has 6 heteroatoms. The van der Waals surface area contributed by atoms with E-state index in [2.05, 4.69) is 0 Å². The molecule has 0 aliphatic carbocycles.